The molecule has 0 bridgehead atoms. The van der Waals surface area contributed by atoms with Gasteiger partial charge in [0, 0.05) is 13.6 Å². The Morgan fingerprint density at radius 1 is 1.45 bits per heavy atom. The van der Waals surface area contributed by atoms with Gasteiger partial charge in [-0.3, -0.25) is 0 Å². The van der Waals surface area contributed by atoms with E-state index in [1.807, 2.05) is 0 Å². The van der Waals surface area contributed by atoms with Gasteiger partial charge in [0.2, 0.25) is 0 Å². The van der Waals surface area contributed by atoms with Gasteiger partial charge in [0.05, 0.1) is 0 Å². The van der Waals surface area contributed by atoms with Gasteiger partial charge < -0.3 is 15.3 Å². The minimum Gasteiger partial charge on any atom is -0.480 e. The van der Waals surface area contributed by atoms with Crippen LogP contribution in [0.3, 0.4) is 0 Å². The molecule has 20 heavy (non-hydrogen) atoms. The molecule has 1 aliphatic carbocycles. The first-order valence-electron chi connectivity index (χ1n) is 6.44. The van der Waals surface area contributed by atoms with Crippen LogP contribution in [-0.4, -0.2) is 34.6 Å². The number of rotatable bonds is 4. The zero-order chi connectivity index (χ0) is 14.8. The van der Waals surface area contributed by atoms with Crippen molar-refractivity contribution in [3.63, 3.8) is 0 Å². The van der Waals surface area contributed by atoms with Gasteiger partial charge in [-0.25, -0.2) is 14.0 Å². The number of nitrogens with one attached hydrogen (secondary N) is 1. The maximum absolute atomic E-state index is 13.1. The average Bonchev–Trinajstić information content (AvgIpc) is 2.32. The van der Waals surface area contributed by atoms with Crippen molar-refractivity contribution in [3.8, 4) is 0 Å². The van der Waals surface area contributed by atoms with Crippen molar-refractivity contribution in [2.75, 3.05) is 7.05 Å². The van der Waals surface area contributed by atoms with Crippen LogP contribution in [0.25, 0.3) is 0 Å². The first-order valence-corrected chi connectivity index (χ1v) is 6.44. The third-order valence-corrected chi connectivity index (χ3v) is 3.62. The lowest BCUT2D eigenvalue weighted by Gasteiger charge is -2.39. The van der Waals surface area contributed by atoms with E-state index < -0.39 is 17.5 Å². The smallest absolute Gasteiger partial charge is 0.329 e. The summed E-state index contributed by atoms with van der Waals surface area (Å²) in [5.74, 6) is -1.37. The van der Waals surface area contributed by atoms with Crippen LogP contribution in [0.4, 0.5) is 9.18 Å². The lowest BCUT2D eigenvalue weighted by Crippen LogP contribution is -2.61. The highest BCUT2D eigenvalue weighted by Crippen LogP contribution is 2.32. The second-order valence-corrected chi connectivity index (χ2v) is 5.16. The summed E-state index contributed by atoms with van der Waals surface area (Å²) in [6, 6.07) is 5.50. The third kappa shape index (κ3) is 2.89. The largest absolute Gasteiger partial charge is 0.480 e. The number of hydrogen-bond donors (Lipinski definition) is 2. The molecule has 1 aromatic rings. The molecule has 0 aromatic heterocycles. The lowest BCUT2D eigenvalue weighted by molar-refractivity contribution is -0.148. The van der Waals surface area contributed by atoms with Gasteiger partial charge in [0.25, 0.3) is 0 Å². The summed E-state index contributed by atoms with van der Waals surface area (Å²) in [5.41, 5.74) is -0.478. The molecule has 0 heterocycles. The number of carboxylic acid groups (broad SMARTS) is 1. The Labute approximate surface area is 116 Å². The minimum atomic E-state index is -1.13. The van der Waals surface area contributed by atoms with Crippen LogP contribution in [0.5, 0.6) is 0 Å². The van der Waals surface area contributed by atoms with Crippen molar-refractivity contribution < 1.29 is 19.1 Å². The molecule has 5 nitrogen and oxygen atoms in total. The van der Waals surface area contributed by atoms with Gasteiger partial charge in [-0.15, -0.1) is 0 Å². The summed E-state index contributed by atoms with van der Waals surface area (Å²) >= 11 is 0. The molecular formula is C14H17FN2O3. The monoisotopic (exact) mass is 280 g/mol. The molecular weight excluding hydrogens is 263 g/mol. The number of carbonyl (C=O) groups is 2. The zero-order valence-electron chi connectivity index (χ0n) is 11.2. The first-order chi connectivity index (χ1) is 9.43. The fourth-order valence-electron chi connectivity index (χ4n) is 2.20. The molecule has 108 valence electrons. The SMILES string of the molecule is CN(Cc1cccc(F)c1)C(=O)NC1(C(=O)O)CCC1. The molecule has 1 saturated carbocycles. The molecule has 2 amide bonds. The van der Waals surface area contributed by atoms with E-state index in [-0.39, 0.29) is 12.4 Å². The Hall–Kier alpha value is -2.11. The van der Waals surface area contributed by atoms with Gasteiger partial charge in [-0.05, 0) is 37.0 Å². The summed E-state index contributed by atoms with van der Waals surface area (Å²) < 4.78 is 13.1. The molecule has 2 N–H and O–H groups in total. The van der Waals surface area contributed by atoms with Gasteiger partial charge in [-0.2, -0.15) is 0 Å². The molecule has 0 atom stereocenters. The van der Waals surface area contributed by atoms with E-state index in [1.165, 1.54) is 17.0 Å². The summed E-state index contributed by atoms with van der Waals surface area (Å²) in [7, 11) is 1.55. The van der Waals surface area contributed by atoms with Crippen molar-refractivity contribution in [1.29, 1.82) is 0 Å². The first kappa shape index (κ1) is 14.3. The highest BCUT2D eigenvalue weighted by atomic mass is 19.1. The van der Waals surface area contributed by atoms with Crippen molar-refractivity contribution in [1.82, 2.24) is 10.2 Å². The number of aliphatic carboxylic acids is 1. The predicted octanol–water partition coefficient (Wildman–Crippen LogP) is 1.97. The third-order valence-electron chi connectivity index (χ3n) is 3.62. The van der Waals surface area contributed by atoms with Gasteiger partial charge in [-0.1, -0.05) is 12.1 Å². The predicted molar refractivity (Wildman–Crippen MR) is 70.6 cm³/mol. The van der Waals surface area contributed by atoms with Crippen LogP contribution < -0.4 is 5.32 Å². The maximum atomic E-state index is 13.1. The van der Waals surface area contributed by atoms with Gasteiger partial charge in [0.1, 0.15) is 11.4 Å². The Morgan fingerprint density at radius 2 is 2.15 bits per heavy atom. The molecule has 0 unspecified atom stereocenters. The standard InChI is InChI=1S/C14H17FN2O3/c1-17(9-10-4-2-5-11(15)8-10)13(20)16-14(12(18)19)6-3-7-14/h2,4-5,8H,3,6-7,9H2,1H3,(H,16,20)(H,18,19). The van der Waals surface area contributed by atoms with E-state index in [4.69, 9.17) is 5.11 Å². The Morgan fingerprint density at radius 3 is 2.65 bits per heavy atom. The van der Waals surface area contributed by atoms with Crippen LogP contribution in [0, 0.1) is 5.82 Å². The van der Waals surface area contributed by atoms with E-state index in [0.717, 1.165) is 6.42 Å². The number of carbonyl (C=O) groups excluding carboxylic acids is 1. The number of benzene rings is 1. The van der Waals surface area contributed by atoms with Gasteiger partial charge in [0.15, 0.2) is 0 Å². The average molecular weight is 280 g/mol. The molecule has 0 radical (unpaired) electrons. The number of nitrogens with zero attached hydrogens (tertiary/aromatic N) is 1. The van der Waals surface area contributed by atoms with E-state index in [2.05, 4.69) is 5.32 Å². The van der Waals surface area contributed by atoms with Crippen LogP contribution in [-0.2, 0) is 11.3 Å². The summed E-state index contributed by atoms with van der Waals surface area (Å²) in [6.45, 7) is 0.222. The van der Waals surface area contributed by atoms with E-state index in [1.54, 1.807) is 19.2 Å². The lowest BCUT2D eigenvalue weighted by atomic mass is 9.77. The zero-order valence-corrected chi connectivity index (χ0v) is 11.2. The molecule has 1 aromatic carbocycles. The Kier molecular flexibility index (Phi) is 3.92. The number of halogens is 1. The second kappa shape index (κ2) is 5.48. The number of hydrogen-bond acceptors (Lipinski definition) is 2. The Balaban J connectivity index is 1.97. The van der Waals surface area contributed by atoms with E-state index in [0.29, 0.717) is 18.4 Å². The quantitative estimate of drug-likeness (QED) is 0.886. The van der Waals surface area contributed by atoms with E-state index in [9.17, 15) is 14.0 Å². The summed E-state index contributed by atoms with van der Waals surface area (Å²) in [6.07, 6.45) is 1.68. The van der Waals surface area contributed by atoms with Crippen LogP contribution >= 0.6 is 0 Å². The molecule has 0 aliphatic heterocycles. The number of carboxylic acids is 1. The number of urea groups is 1. The topological polar surface area (TPSA) is 69.6 Å². The fraction of sp³-hybridized carbons (Fsp3) is 0.429. The van der Waals surface area contributed by atoms with Crippen molar-refractivity contribution in [2.45, 2.75) is 31.3 Å². The minimum absolute atomic E-state index is 0.222. The Bertz CT molecular complexity index is 529. The van der Waals surface area contributed by atoms with Crippen molar-refractivity contribution >= 4 is 12.0 Å². The molecule has 2 rings (SSSR count). The molecule has 1 fully saturated rings. The number of amides is 2. The van der Waals surface area contributed by atoms with Crippen molar-refractivity contribution in [3.05, 3.63) is 35.6 Å². The van der Waals surface area contributed by atoms with Crippen LogP contribution in [0.15, 0.2) is 24.3 Å². The molecule has 0 saturated heterocycles. The summed E-state index contributed by atoms with van der Waals surface area (Å²) in [5, 5.41) is 11.7. The maximum Gasteiger partial charge on any atom is 0.329 e. The van der Waals surface area contributed by atoms with E-state index >= 15 is 0 Å². The molecule has 1 aliphatic rings. The van der Waals surface area contributed by atoms with Crippen molar-refractivity contribution in [2.24, 2.45) is 0 Å². The molecule has 0 spiro atoms. The fourth-order valence-corrected chi connectivity index (χ4v) is 2.20. The van der Waals surface area contributed by atoms with Crippen LogP contribution in [0.2, 0.25) is 0 Å². The second-order valence-electron chi connectivity index (χ2n) is 5.16. The van der Waals surface area contributed by atoms with Gasteiger partial charge >= 0.3 is 12.0 Å². The molecule has 6 heteroatoms. The summed E-state index contributed by atoms with van der Waals surface area (Å²) in [4.78, 5) is 24.5. The highest BCUT2D eigenvalue weighted by molar-refractivity contribution is 5.87. The normalized spacial score (nSPS) is 16.1. The van der Waals surface area contributed by atoms with Crippen LogP contribution in [0.1, 0.15) is 24.8 Å². The highest BCUT2D eigenvalue weighted by Gasteiger charge is 2.46.